The predicted octanol–water partition coefficient (Wildman–Crippen LogP) is 1.47. The van der Waals surface area contributed by atoms with Crippen molar-refractivity contribution in [3.8, 4) is 0 Å². The van der Waals surface area contributed by atoms with Gasteiger partial charge in [0.25, 0.3) is 0 Å². The van der Waals surface area contributed by atoms with Gasteiger partial charge in [-0.2, -0.15) is 0 Å². The summed E-state index contributed by atoms with van der Waals surface area (Å²) >= 11 is 0. The monoisotopic (exact) mass is 267 g/mol. The molecule has 0 amide bonds. The smallest absolute Gasteiger partial charge is 0.356 e. The van der Waals surface area contributed by atoms with Gasteiger partial charge in [-0.05, 0) is 37.4 Å². The predicted molar refractivity (Wildman–Crippen MR) is 78.4 cm³/mol. The van der Waals surface area contributed by atoms with Crippen LogP contribution in [-0.2, 0) is 15.3 Å². The molecule has 1 atom stereocenters. The SMILES string of the molecule is CCO[SiH](OCC)c1ccccc1CC(N)CC. The molecule has 0 fully saturated rings. The van der Waals surface area contributed by atoms with Gasteiger partial charge in [-0.3, -0.25) is 0 Å². The Hall–Kier alpha value is -0.683. The molecule has 0 saturated heterocycles. The number of rotatable bonds is 8. The lowest BCUT2D eigenvalue weighted by atomic mass is 10.1. The Morgan fingerprint density at radius 1 is 1.11 bits per heavy atom. The van der Waals surface area contributed by atoms with E-state index in [4.69, 9.17) is 14.6 Å². The summed E-state index contributed by atoms with van der Waals surface area (Å²) in [6.45, 7) is 7.54. The van der Waals surface area contributed by atoms with Crippen molar-refractivity contribution in [2.45, 2.75) is 39.7 Å². The van der Waals surface area contributed by atoms with Crippen molar-refractivity contribution < 1.29 is 8.85 Å². The van der Waals surface area contributed by atoms with Crippen LogP contribution in [0, 0.1) is 0 Å². The quantitative estimate of drug-likeness (QED) is 0.725. The summed E-state index contributed by atoms with van der Waals surface area (Å²) < 4.78 is 11.6. The van der Waals surface area contributed by atoms with Crippen LogP contribution in [0.4, 0.5) is 0 Å². The second-order valence-corrected chi connectivity index (χ2v) is 6.27. The molecule has 1 aromatic rings. The van der Waals surface area contributed by atoms with Crippen molar-refractivity contribution >= 4 is 14.5 Å². The molecule has 1 aromatic carbocycles. The second-order valence-electron chi connectivity index (χ2n) is 4.31. The van der Waals surface area contributed by atoms with Crippen LogP contribution in [0.5, 0.6) is 0 Å². The van der Waals surface area contributed by atoms with E-state index in [1.807, 2.05) is 19.9 Å². The molecule has 0 spiro atoms. The van der Waals surface area contributed by atoms with Crippen LogP contribution in [0.3, 0.4) is 0 Å². The first kappa shape index (κ1) is 15.4. The first-order valence-electron chi connectivity index (χ1n) is 6.79. The van der Waals surface area contributed by atoms with E-state index in [9.17, 15) is 0 Å². The maximum Gasteiger partial charge on any atom is 0.356 e. The molecule has 1 unspecified atom stereocenters. The van der Waals surface area contributed by atoms with E-state index >= 15 is 0 Å². The van der Waals surface area contributed by atoms with Gasteiger partial charge in [0.05, 0.1) is 0 Å². The Labute approximate surface area is 112 Å². The van der Waals surface area contributed by atoms with Crippen molar-refractivity contribution in [3.05, 3.63) is 29.8 Å². The average Bonchev–Trinajstić information content (AvgIpc) is 2.39. The van der Waals surface area contributed by atoms with Gasteiger partial charge < -0.3 is 14.6 Å². The van der Waals surface area contributed by atoms with E-state index in [1.54, 1.807) is 0 Å². The van der Waals surface area contributed by atoms with Gasteiger partial charge in [0, 0.05) is 19.3 Å². The van der Waals surface area contributed by atoms with Gasteiger partial charge in [0.1, 0.15) is 0 Å². The van der Waals surface area contributed by atoms with Gasteiger partial charge in [-0.15, -0.1) is 0 Å². The topological polar surface area (TPSA) is 44.5 Å². The fourth-order valence-corrected chi connectivity index (χ4v) is 3.75. The van der Waals surface area contributed by atoms with Crippen LogP contribution >= 0.6 is 0 Å². The molecule has 0 heterocycles. The molecule has 0 aromatic heterocycles. The van der Waals surface area contributed by atoms with Crippen LogP contribution < -0.4 is 10.9 Å². The maximum absolute atomic E-state index is 6.06. The number of nitrogens with two attached hydrogens (primary N) is 1. The highest BCUT2D eigenvalue weighted by atomic mass is 28.3. The molecule has 0 aliphatic heterocycles. The minimum Gasteiger partial charge on any atom is -0.394 e. The second kappa shape index (κ2) is 8.42. The third kappa shape index (κ3) is 4.53. The number of hydrogen-bond acceptors (Lipinski definition) is 3. The van der Waals surface area contributed by atoms with Crippen molar-refractivity contribution in [2.75, 3.05) is 13.2 Å². The van der Waals surface area contributed by atoms with Crippen molar-refractivity contribution in [2.24, 2.45) is 5.73 Å². The van der Waals surface area contributed by atoms with E-state index in [0.717, 1.165) is 12.8 Å². The molecular weight excluding hydrogens is 242 g/mol. The lowest BCUT2D eigenvalue weighted by Crippen LogP contribution is -2.40. The summed E-state index contributed by atoms with van der Waals surface area (Å²) in [4.78, 5) is 0. The fraction of sp³-hybridized carbons (Fsp3) is 0.571. The molecule has 0 aliphatic rings. The van der Waals surface area contributed by atoms with Crippen LogP contribution in [0.2, 0.25) is 0 Å². The molecule has 3 nitrogen and oxygen atoms in total. The first-order chi connectivity index (χ1) is 8.72. The average molecular weight is 267 g/mol. The van der Waals surface area contributed by atoms with E-state index in [-0.39, 0.29) is 6.04 Å². The van der Waals surface area contributed by atoms with Crippen LogP contribution in [0.1, 0.15) is 32.8 Å². The molecule has 1 rings (SSSR count). The summed E-state index contributed by atoms with van der Waals surface area (Å²) in [5, 5.41) is 1.24. The zero-order chi connectivity index (χ0) is 13.4. The van der Waals surface area contributed by atoms with E-state index in [1.165, 1.54) is 10.8 Å². The van der Waals surface area contributed by atoms with Gasteiger partial charge >= 0.3 is 9.28 Å². The third-order valence-corrected chi connectivity index (χ3v) is 5.29. The maximum atomic E-state index is 6.06. The van der Waals surface area contributed by atoms with Gasteiger partial charge in [-0.25, -0.2) is 0 Å². The Kier molecular flexibility index (Phi) is 7.20. The number of benzene rings is 1. The zero-order valence-corrected chi connectivity index (χ0v) is 12.8. The molecule has 0 saturated carbocycles. The summed E-state index contributed by atoms with van der Waals surface area (Å²) in [5.74, 6) is 0. The lowest BCUT2D eigenvalue weighted by Gasteiger charge is -2.19. The fourth-order valence-electron chi connectivity index (χ4n) is 1.91. The molecule has 18 heavy (non-hydrogen) atoms. The molecule has 0 aliphatic carbocycles. The number of hydrogen-bond donors (Lipinski definition) is 1. The van der Waals surface area contributed by atoms with Gasteiger partial charge in [0.15, 0.2) is 0 Å². The minimum absolute atomic E-state index is 0.212. The molecule has 2 N–H and O–H groups in total. The lowest BCUT2D eigenvalue weighted by molar-refractivity contribution is 0.225. The highest BCUT2D eigenvalue weighted by Gasteiger charge is 2.19. The van der Waals surface area contributed by atoms with E-state index in [2.05, 4.69) is 25.1 Å². The molecule has 0 bridgehead atoms. The summed E-state index contributed by atoms with van der Waals surface area (Å²) in [6.07, 6.45) is 1.89. The van der Waals surface area contributed by atoms with Crippen LogP contribution in [-0.4, -0.2) is 28.5 Å². The molecule has 102 valence electrons. The Morgan fingerprint density at radius 2 is 1.72 bits per heavy atom. The largest absolute Gasteiger partial charge is 0.394 e. The van der Waals surface area contributed by atoms with Gasteiger partial charge in [-0.1, -0.05) is 31.2 Å². The molecular formula is C14H25NO2Si. The van der Waals surface area contributed by atoms with Gasteiger partial charge in [0.2, 0.25) is 0 Å². The van der Waals surface area contributed by atoms with Crippen LogP contribution in [0.25, 0.3) is 0 Å². The highest BCUT2D eigenvalue weighted by Crippen LogP contribution is 2.05. The standard InChI is InChI=1S/C14H25NO2Si/c1-4-13(15)11-12-9-7-8-10-14(12)18(16-5-2)17-6-3/h7-10,13,18H,4-6,11,15H2,1-3H3. The summed E-state index contributed by atoms with van der Waals surface area (Å²) in [7, 11) is -1.76. The highest BCUT2D eigenvalue weighted by molar-refractivity contribution is 6.61. The molecule has 0 radical (unpaired) electrons. The minimum atomic E-state index is -1.76. The zero-order valence-electron chi connectivity index (χ0n) is 11.7. The van der Waals surface area contributed by atoms with E-state index < -0.39 is 9.28 Å². The summed E-state index contributed by atoms with van der Waals surface area (Å²) in [6, 6.07) is 8.59. The van der Waals surface area contributed by atoms with Crippen molar-refractivity contribution in [3.63, 3.8) is 0 Å². The van der Waals surface area contributed by atoms with Crippen molar-refractivity contribution in [1.82, 2.24) is 0 Å². The summed E-state index contributed by atoms with van der Waals surface area (Å²) in [5.41, 5.74) is 7.34. The van der Waals surface area contributed by atoms with Crippen molar-refractivity contribution in [1.29, 1.82) is 0 Å². The Morgan fingerprint density at radius 3 is 2.28 bits per heavy atom. The third-order valence-electron chi connectivity index (χ3n) is 2.95. The first-order valence-corrected chi connectivity index (χ1v) is 8.31. The molecule has 4 heteroatoms. The van der Waals surface area contributed by atoms with E-state index in [0.29, 0.717) is 13.2 Å². The normalized spacial score (nSPS) is 12.9. The Balaban J connectivity index is 2.90. The Bertz CT molecular complexity index is 340. The van der Waals surface area contributed by atoms with Crippen LogP contribution in [0.15, 0.2) is 24.3 Å².